The number of hydrogen-bond donors (Lipinski definition) is 2. The van der Waals surface area contributed by atoms with Crippen molar-refractivity contribution in [3.8, 4) is 0 Å². The number of nitrogens with zero attached hydrogens (tertiary/aromatic N) is 2. The van der Waals surface area contributed by atoms with Gasteiger partial charge in [0.15, 0.2) is 0 Å². The lowest BCUT2D eigenvalue weighted by Gasteiger charge is -2.32. The van der Waals surface area contributed by atoms with Gasteiger partial charge in [-0.25, -0.2) is 0 Å². The molecule has 2 heterocycles. The van der Waals surface area contributed by atoms with Crippen LogP contribution in [-0.4, -0.2) is 74.1 Å². The molecule has 2 N–H and O–H groups in total. The van der Waals surface area contributed by atoms with Crippen molar-refractivity contribution in [1.82, 2.24) is 20.4 Å². The zero-order valence-corrected chi connectivity index (χ0v) is 11.6. The molecule has 2 fully saturated rings. The maximum atomic E-state index is 12.1. The van der Waals surface area contributed by atoms with E-state index in [4.69, 9.17) is 0 Å². The molecule has 1 amide bonds. The molecule has 18 heavy (non-hydrogen) atoms. The summed E-state index contributed by atoms with van der Waals surface area (Å²) in [5.41, 5.74) is 0. The number of carbonyl (C=O) groups is 1. The van der Waals surface area contributed by atoms with E-state index in [2.05, 4.69) is 27.5 Å². The van der Waals surface area contributed by atoms with Crippen LogP contribution in [0.25, 0.3) is 0 Å². The number of likely N-dealkylation sites (N-methyl/N-ethyl adjacent to an activating group) is 1. The van der Waals surface area contributed by atoms with E-state index in [0.717, 1.165) is 39.3 Å². The van der Waals surface area contributed by atoms with Gasteiger partial charge in [-0.1, -0.05) is 0 Å². The second kappa shape index (κ2) is 6.50. The van der Waals surface area contributed by atoms with Crippen LogP contribution in [-0.2, 0) is 4.79 Å². The molecule has 104 valence electrons. The first kappa shape index (κ1) is 13.8. The number of nitrogens with one attached hydrogen (secondary N) is 2. The Hall–Kier alpha value is -0.650. The van der Waals surface area contributed by atoms with Crippen molar-refractivity contribution in [1.29, 1.82) is 0 Å². The first-order chi connectivity index (χ1) is 8.68. The molecule has 2 aliphatic heterocycles. The van der Waals surface area contributed by atoms with Gasteiger partial charge in [-0.05, 0) is 33.4 Å². The SMILES string of the molecule is CC(C(=O)NCC1CCCN1C)N1CCNCC1. The number of amides is 1. The van der Waals surface area contributed by atoms with Gasteiger partial charge in [0.05, 0.1) is 6.04 Å². The Morgan fingerprint density at radius 3 is 2.72 bits per heavy atom. The molecule has 2 atom stereocenters. The molecule has 2 unspecified atom stereocenters. The Kier molecular flexibility index (Phi) is 4.97. The van der Waals surface area contributed by atoms with Crippen LogP contribution in [0, 0.1) is 0 Å². The van der Waals surface area contributed by atoms with E-state index in [-0.39, 0.29) is 11.9 Å². The van der Waals surface area contributed by atoms with Crippen molar-refractivity contribution >= 4 is 5.91 Å². The summed E-state index contributed by atoms with van der Waals surface area (Å²) in [6, 6.07) is 0.531. The molecule has 0 aromatic carbocycles. The Balaban J connectivity index is 1.73. The zero-order valence-electron chi connectivity index (χ0n) is 11.6. The van der Waals surface area contributed by atoms with Gasteiger partial charge in [-0.3, -0.25) is 9.69 Å². The van der Waals surface area contributed by atoms with Crippen molar-refractivity contribution in [2.24, 2.45) is 0 Å². The highest BCUT2D eigenvalue weighted by molar-refractivity contribution is 5.81. The van der Waals surface area contributed by atoms with Crippen LogP contribution in [0.1, 0.15) is 19.8 Å². The summed E-state index contributed by atoms with van der Waals surface area (Å²) >= 11 is 0. The zero-order chi connectivity index (χ0) is 13.0. The van der Waals surface area contributed by atoms with Crippen LogP contribution >= 0.6 is 0 Å². The third-order valence-corrected chi connectivity index (χ3v) is 4.26. The second-order valence-corrected chi connectivity index (χ2v) is 5.48. The molecule has 0 spiro atoms. The average molecular weight is 254 g/mol. The maximum Gasteiger partial charge on any atom is 0.237 e. The fourth-order valence-electron chi connectivity index (χ4n) is 2.84. The molecule has 2 rings (SSSR count). The Bertz CT molecular complexity index is 278. The molecule has 0 radical (unpaired) electrons. The molecule has 2 aliphatic rings. The van der Waals surface area contributed by atoms with E-state index in [9.17, 15) is 4.79 Å². The van der Waals surface area contributed by atoms with Crippen LogP contribution < -0.4 is 10.6 Å². The van der Waals surface area contributed by atoms with E-state index < -0.39 is 0 Å². The largest absolute Gasteiger partial charge is 0.353 e. The van der Waals surface area contributed by atoms with Gasteiger partial charge in [-0.15, -0.1) is 0 Å². The van der Waals surface area contributed by atoms with Crippen molar-refractivity contribution in [2.75, 3.05) is 46.3 Å². The summed E-state index contributed by atoms with van der Waals surface area (Å²) in [6.45, 7) is 7.89. The average Bonchev–Trinajstić information content (AvgIpc) is 2.81. The van der Waals surface area contributed by atoms with Gasteiger partial charge in [0.2, 0.25) is 5.91 Å². The van der Waals surface area contributed by atoms with Gasteiger partial charge >= 0.3 is 0 Å². The van der Waals surface area contributed by atoms with Crippen molar-refractivity contribution < 1.29 is 4.79 Å². The van der Waals surface area contributed by atoms with E-state index in [0.29, 0.717) is 6.04 Å². The summed E-state index contributed by atoms with van der Waals surface area (Å²) in [5.74, 6) is 0.178. The molecule has 0 aromatic rings. The first-order valence-corrected chi connectivity index (χ1v) is 7.11. The molecule has 0 aliphatic carbocycles. The van der Waals surface area contributed by atoms with Crippen LogP contribution in [0.2, 0.25) is 0 Å². The van der Waals surface area contributed by atoms with Crippen LogP contribution in [0.15, 0.2) is 0 Å². The van der Waals surface area contributed by atoms with Crippen molar-refractivity contribution in [2.45, 2.75) is 31.8 Å². The molecule has 0 aromatic heterocycles. The minimum atomic E-state index is -0.00110. The minimum Gasteiger partial charge on any atom is -0.353 e. The summed E-state index contributed by atoms with van der Waals surface area (Å²) in [7, 11) is 2.14. The summed E-state index contributed by atoms with van der Waals surface area (Å²) in [4.78, 5) is 16.7. The van der Waals surface area contributed by atoms with Crippen LogP contribution in [0.4, 0.5) is 0 Å². The van der Waals surface area contributed by atoms with Gasteiger partial charge in [0.1, 0.15) is 0 Å². The molecule has 2 saturated heterocycles. The molecule has 5 nitrogen and oxygen atoms in total. The highest BCUT2D eigenvalue weighted by Gasteiger charge is 2.25. The monoisotopic (exact) mass is 254 g/mol. The van der Waals surface area contributed by atoms with Crippen LogP contribution in [0.5, 0.6) is 0 Å². The lowest BCUT2D eigenvalue weighted by atomic mass is 10.2. The third kappa shape index (κ3) is 3.43. The summed E-state index contributed by atoms with van der Waals surface area (Å²) in [6.07, 6.45) is 2.46. The number of hydrogen-bond acceptors (Lipinski definition) is 4. The van der Waals surface area contributed by atoms with Gasteiger partial charge in [0, 0.05) is 38.8 Å². The molecular formula is C13H26N4O. The summed E-state index contributed by atoms with van der Waals surface area (Å²) < 4.78 is 0. The lowest BCUT2D eigenvalue weighted by molar-refractivity contribution is -0.126. The first-order valence-electron chi connectivity index (χ1n) is 7.11. The predicted octanol–water partition coefficient (Wildman–Crippen LogP) is -0.509. The Labute approximate surface area is 110 Å². The van der Waals surface area contributed by atoms with E-state index in [1.54, 1.807) is 0 Å². The standard InChI is InChI=1S/C13H26N4O/c1-11(17-8-5-14-6-9-17)13(18)15-10-12-4-3-7-16(12)2/h11-12,14H,3-10H2,1-2H3,(H,15,18). The van der Waals surface area contributed by atoms with Gasteiger partial charge in [0.25, 0.3) is 0 Å². The topological polar surface area (TPSA) is 47.6 Å². The quantitative estimate of drug-likeness (QED) is 0.709. The fourth-order valence-corrected chi connectivity index (χ4v) is 2.84. The van der Waals surface area contributed by atoms with Gasteiger partial charge < -0.3 is 15.5 Å². The highest BCUT2D eigenvalue weighted by atomic mass is 16.2. The molecule has 0 bridgehead atoms. The number of likely N-dealkylation sites (tertiary alicyclic amines) is 1. The normalized spacial score (nSPS) is 28.2. The minimum absolute atomic E-state index is 0.00110. The number of rotatable bonds is 4. The van der Waals surface area contributed by atoms with E-state index in [1.807, 2.05) is 6.92 Å². The summed E-state index contributed by atoms with van der Waals surface area (Å²) in [5, 5.41) is 6.42. The maximum absolute atomic E-state index is 12.1. The van der Waals surface area contributed by atoms with E-state index in [1.165, 1.54) is 12.8 Å². The number of piperazine rings is 1. The molecule has 5 heteroatoms. The van der Waals surface area contributed by atoms with E-state index >= 15 is 0 Å². The smallest absolute Gasteiger partial charge is 0.237 e. The third-order valence-electron chi connectivity index (χ3n) is 4.26. The number of carbonyl (C=O) groups excluding carboxylic acids is 1. The highest BCUT2D eigenvalue weighted by Crippen LogP contribution is 2.13. The van der Waals surface area contributed by atoms with Gasteiger partial charge in [-0.2, -0.15) is 0 Å². The van der Waals surface area contributed by atoms with Crippen LogP contribution in [0.3, 0.4) is 0 Å². The molecular weight excluding hydrogens is 228 g/mol. The fraction of sp³-hybridized carbons (Fsp3) is 0.923. The van der Waals surface area contributed by atoms with Crippen molar-refractivity contribution in [3.05, 3.63) is 0 Å². The second-order valence-electron chi connectivity index (χ2n) is 5.48. The lowest BCUT2D eigenvalue weighted by Crippen LogP contribution is -2.53. The Morgan fingerprint density at radius 1 is 1.39 bits per heavy atom. The predicted molar refractivity (Wildman–Crippen MR) is 72.6 cm³/mol. The Morgan fingerprint density at radius 2 is 2.11 bits per heavy atom. The molecule has 0 saturated carbocycles. The van der Waals surface area contributed by atoms with Crippen molar-refractivity contribution in [3.63, 3.8) is 0 Å².